The van der Waals surface area contributed by atoms with Crippen LogP contribution in [0.2, 0.25) is 0 Å². The summed E-state index contributed by atoms with van der Waals surface area (Å²) in [7, 11) is 0. The molecule has 0 aliphatic carbocycles. The van der Waals surface area contributed by atoms with Crippen LogP contribution >= 0.6 is 15.9 Å². The van der Waals surface area contributed by atoms with Crippen molar-refractivity contribution in [2.75, 3.05) is 11.9 Å². The number of amides is 1. The fourth-order valence-corrected chi connectivity index (χ4v) is 3.24. The third kappa shape index (κ3) is 21.7. The molecule has 0 heterocycles. The molecule has 0 rings (SSSR count). The van der Waals surface area contributed by atoms with Crippen LogP contribution in [0.3, 0.4) is 0 Å². The molecule has 0 saturated carbocycles. The Morgan fingerprint density at radius 3 is 1.44 bits per heavy atom. The molecular formula is C21H42BrNO2. The molecule has 0 saturated heterocycles. The van der Waals surface area contributed by atoms with Gasteiger partial charge in [-0.15, -0.1) is 0 Å². The first kappa shape index (κ1) is 24.8. The molecule has 0 bridgehead atoms. The normalized spacial score (nSPS) is 11.5. The lowest BCUT2D eigenvalue weighted by atomic mass is 10.0. The van der Waals surface area contributed by atoms with E-state index in [0.717, 1.165) is 18.3 Å². The minimum absolute atomic E-state index is 0.296. The Morgan fingerprint density at radius 1 is 0.720 bits per heavy atom. The number of ether oxygens (including phenoxy) is 1. The molecule has 4 heteroatoms. The maximum absolute atomic E-state index is 11.5. The first-order valence-electron chi connectivity index (χ1n) is 10.5. The van der Waals surface area contributed by atoms with Crippen molar-refractivity contribution >= 4 is 22.0 Å². The van der Waals surface area contributed by atoms with Gasteiger partial charge in [0.1, 0.15) is 5.60 Å². The predicted molar refractivity (Wildman–Crippen MR) is 113 cm³/mol. The van der Waals surface area contributed by atoms with Crippen LogP contribution in [-0.2, 0) is 4.74 Å². The van der Waals surface area contributed by atoms with Gasteiger partial charge in [0, 0.05) is 11.9 Å². The van der Waals surface area contributed by atoms with Crippen molar-refractivity contribution < 1.29 is 9.53 Å². The van der Waals surface area contributed by atoms with Crippen LogP contribution in [0.5, 0.6) is 0 Å². The highest BCUT2D eigenvalue weighted by atomic mass is 79.9. The van der Waals surface area contributed by atoms with Crippen molar-refractivity contribution in [2.45, 2.75) is 116 Å². The topological polar surface area (TPSA) is 38.3 Å². The minimum Gasteiger partial charge on any atom is -0.444 e. The summed E-state index contributed by atoms with van der Waals surface area (Å²) in [6.07, 6.45) is 18.5. The van der Waals surface area contributed by atoms with Gasteiger partial charge in [0.05, 0.1) is 0 Å². The highest BCUT2D eigenvalue weighted by molar-refractivity contribution is 9.09. The summed E-state index contributed by atoms with van der Waals surface area (Å²) in [5.41, 5.74) is -0.405. The van der Waals surface area contributed by atoms with E-state index in [1.807, 2.05) is 20.8 Å². The molecule has 0 aliphatic rings. The van der Waals surface area contributed by atoms with Crippen molar-refractivity contribution in [1.82, 2.24) is 5.32 Å². The number of nitrogens with one attached hydrogen (secondary N) is 1. The van der Waals surface area contributed by atoms with Gasteiger partial charge in [0.15, 0.2) is 0 Å². The van der Waals surface area contributed by atoms with E-state index in [1.54, 1.807) is 0 Å². The zero-order valence-corrected chi connectivity index (χ0v) is 18.6. The van der Waals surface area contributed by atoms with Crippen LogP contribution in [-0.4, -0.2) is 23.6 Å². The number of hydrogen-bond donors (Lipinski definition) is 1. The Bertz CT molecular complexity index is 303. The lowest BCUT2D eigenvalue weighted by Gasteiger charge is -2.19. The van der Waals surface area contributed by atoms with Crippen molar-refractivity contribution in [3.8, 4) is 0 Å². The molecule has 0 atom stereocenters. The van der Waals surface area contributed by atoms with Gasteiger partial charge < -0.3 is 10.1 Å². The highest BCUT2D eigenvalue weighted by Crippen LogP contribution is 2.13. The van der Waals surface area contributed by atoms with E-state index in [2.05, 4.69) is 21.2 Å². The van der Waals surface area contributed by atoms with E-state index in [0.29, 0.717) is 0 Å². The number of unbranched alkanes of at least 4 members (excludes halogenated alkanes) is 13. The lowest BCUT2D eigenvalue weighted by Crippen LogP contribution is -2.32. The molecule has 1 N–H and O–H groups in total. The number of rotatable bonds is 16. The Hall–Kier alpha value is -0.250. The molecule has 0 radical (unpaired) electrons. The second kappa shape index (κ2) is 17.2. The zero-order chi connectivity index (χ0) is 18.8. The van der Waals surface area contributed by atoms with Gasteiger partial charge >= 0.3 is 6.09 Å². The summed E-state index contributed by atoms with van der Waals surface area (Å²) >= 11 is 3.48. The van der Waals surface area contributed by atoms with E-state index in [1.165, 1.54) is 83.5 Å². The van der Waals surface area contributed by atoms with Gasteiger partial charge in [0.25, 0.3) is 0 Å². The van der Waals surface area contributed by atoms with Crippen molar-refractivity contribution in [1.29, 1.82) is 0 Å². The van der Waals surface area contributed by atoms with Gasteiger partial charge in [-0.3, -0.25) is 0 Å². The fourth-order valence-electron chi connectivity index (χ4n) is 2.85. The molecule has 3 nitrogen and oxygen atoms in total. The van der Waals surface area contributed by atoms with E-state index in [9.17, 15) is 4.79 Å². The second-order valence-electron chi connectivity index (χ2n) is 8.07. The van der Waals surface area contributed by atoms with E-state index in [4.69, 9.17) is 4.74 Å². The van der Waals surface area contributed by atoms with Crippen molar-refractivity contribution in [3.05, 3.63) is 0 Å². The molecule has 0 unspecified atom stereocenters. The third-order valence-electron chi connectivity index (χ3n) is 4.23. The molecule has 150 valence electrons. The van der Waals surface area contributed by atoms with Crippen molar-refractivity contribution in [3.63, 3.8) is 0 Å². The Morgan fingerprint density at radius 2 is 1.08 bits per heavy atom. The minimum atomic E-state index is -0.405. The number of halogens is 1. The van der Waals surface area contributed by atoms with Crippen LogP contribution in [0.15, 0.2) is 0 Å². The smallest absolute Gasteiger partial charge is 0.407 e. The van der Waals surface area contributed by atoms with Gasteiger partial charge in [-0.2, -0.15) is 0 Å². The Balaban J connectivity index is 3.13. The molecule has 0 spiro atoms. The lowest BCUT2D eigenvalue weighted by molar-refractivity contribution is 0.0527. The molecule has 0 aromatic carbocycles. The molecule has 25 heavy (non-hydrogen) atoms. The number of hydrogen-bond acceptors (Lipinski definition) is 2. The van der Waals surface area contributed by atoms with E-state index in [-0.39, 0.29) is 6.09 Å². The van der Waals surface area contributed by atoms with Crippen LogP contribution in [0.1, 0.15) is 111 Å². The third-order valence-corrected chi connectivity index (χ3v) is 4.79. The van der Waals surface area contributed by atoms with Gasteiger partial charge in [-0.05, 0) is 33.6 Å². The van der Waals surface area contributed by atoms with E-state index >= 15 is 0 Å². The first-order chi connectivity index (χ1) is 12.0. The Labute approximate surface area is 165 Å². The number of carbonyl (C=O) groups is 1. The molecule has 0 fully saturated rings. The summed E-state index contributed by atoms with van der Waals surface area (Å²) in [5.74, 6) is 0. The molecular weight excluding hydrogens is 378 g/mol. The maximum Gasteiger partial charge on any atom is 0.407 e. The molecule has 0 aromatic rings. The van der Waals surface area contributed by atoms with Crippen LogP contribution in [0, 0.1) is 0 Å². The molecule has 0 aliphatic heterocycles. The number of carbonyl (C=O) groups excluding carboxylic acids is 1. The zero-order valence-electron chi connectivity index (χ0n) is 17.0. The van der Waals surface area contributed by atoms with Crippen molar-refractivity contribution in [2.24, 2.45) is 0 Å². The standard InChI is InChI=1S/C21H42BrNO2/c1-21(2,3)25-20(24)23-19-17-15-13-11-9-7-5-4-6-8-10-12-14-16-18-22/h4-19H2,1-3H3,(H,23,24). The Kier molecular flexibility index (Phi) is 17.0. The summed E-state index contributed by atoms with van der Waals surface area (Å²) in [4.78, 5) is 11.5. The van der Waals surface area contributed by atoms with Gasteiger partial charge in [-0.1, -0.05) is 93.0 Å². The largest absolute Gasteiger partial charge is 0.444 e. The average molecular weight is 420 g/mol. The monoisotopic (exact) mass is 419 g/mol. The van der Waals surface area contributed by atoms with Gasteiger partial charge in [-0.25, -0.2) is 4.79 Å². The van der Waals surface area contributed by atoms with Crippen LogP contribution < -0.4 is 5.32 Å². The van der Waals surface area contributed by atoms with Crippen LogP contribution in [0.25, 0.3) is 0 Å². The number of alkyl halides is 1. The SMILES string of the molecule is CC(C)(C)OC(=O)NCCCCCCCCCCCCCCCCBr. The summed E-state index contributed by atoms with van der Waals surface area (Å²) in [5, 5.41) is 3.98. The molecule has 1 amide bonds. The van der Waals surface area contributed by atoms with Gasteiger partial charge in [0.2, 0.25) is 0 Å². The maximum atomic E-state index is 11.5. The van der Waals surface area contributed by atoms with E-state index < -0.39 is 5.60 Å². The second-order valence-corrected chi connectivity index (χ2v) is 8.86. The summed E-state index contributed by atoms with van der Waals surface area (Å²) in [6.45, 7) is 6.39. The predicted octanol–water partition coefficient (Wildman–Crippen LogP) is 7.37. The average Bonchev–Trinajstić information content (AvgIpc) is 2.53. The molecule has 0 aromatic heterocycles. The number of alkyl carbamates (subject to hydrolysis) is 1. The summed E-state index contributed by atoms with van der Waals surface area (Å²) in [6, 6.07) is 0. The first-order valence-corrected chi connectivity index (χ1v) is 11.6. The highest BCUT2D eigenvalue weighted by Gasteiger charge is 2.15. The summed E-state index contributed by atoms with van der Waals surface area (Å²) < 4.78 is 5.21. The van der Waals surface area contributed by atoms with Crippen LogP contribution in [0.4, 0.5) is 4.79 Å². The fraction of sp³-hybridized carbons (Fsp3) is 0.952. The quantitative estimate of drug-likeness (QED) is 0.209.